The van der Waals surface area contributed by atoms with E-state index in [1.807, 2.05) is 0 Å². The standard InChI is InChI=1S/C12H9ClF2N2O2/c1-5(16-12(18)19)7-4-8-9(15)2-6(14)3-10(8)17-11(7)13/h2-5,16H,1H3,(H,18,19). The van der Waals surface area contributed by atoms with Gasteiger partial charge in [-0.1, -0.05) is 11.6 Å². The molecule has 4 nitrogen and oxygen atoms in total. The number of amides is 1. The Morgan fingerprint density at radius 3 is 2.74 bits per heavy atom. The van der Waals surface area contributed by atoms with Crippen LogP contribution in [0.15, 0.2) is 18.2 Å². The van der Waals surface area contributed by atoms with Gasteiger partial charge in [-0.15, -0.1) is 0 Å². The zero-order valence-electron chi connectivity index (χ0n) is 9.75. The summed E-state index contributed by atoms with van der Waals surface area (Å²) in [5, 5.41) is 10.9. The van der Waals surface area contributed by atoms with Gasteiger partial charge in [-0.3, -0.25) is 0 Å². The molecule has 2 aromatic rings. The minimum absolute atomic E-state index is 0.00116. The number of halogens is 3. The van der Waals surface area contributed by atoms with E-state index in [4.69, 9.17) is 16.7 Å². The number of rotatable bonds is 2. The Hall–Kier alpha value is -1.95. The number of hydrogen-bond donors (Lipinski definition) is 2. The highest BCUT2D eigenvalue weighted by Gasteiger charge is 2.16. The highest BCUT2D eigenvalue weighted by molar-refractivity contribution is 6.30. The van der Waals surface area contributed by atoms with Crippen molar-refractivity contribution in [2.45, 2.75) is 13.0 Å². The van der Waals surface area contributed by atoms with Gasteiger partial charge in [0.2, 0.25) is 0 Å². The number of nitrogens with one attached hydrogen (secondary N) is 1. The first-order valence-electron chi connectivity index (χ1n) is 5.33. The van der Waals surface area contributed by atoms with Gasteiger partial charge in [0.1, 0.15) is 16.8 Å². The molecule has 1 heterocycles. The zero-order valence-corrected chi connectivity index (χ0v) is 10.5. The first-order chi connectivity index (χ1) is 8.88. The molecule has 1 aromatic carbocycles. The summed E-state index contributed by atoms with van der Waals surface area (Å²) in [5.41, 5.74) is 0.399. The van der Waals surface area contributed by atoms with E-state index in [1.54, 1.807) is 6.92 Å². The van der Waals surface area contributed by atoms with Gasteiger partial charge in [0.05, 0.1) is 11.6 Å². The van der Waals surface area contributed by atoms with Crippen LogP contribution in [0.4, 0.5) is 13.6 Å². The van der Waals surface area contributed by atoms with Crippen LogP contribution in [0.3, 0.4) is 0 Å². The Morgan fingerprint density at radius 2 is 2.11 bits per heavy atom. The Morgan fingerprint density at radius 1 is 1.42 bits per heavy atom. The van der Waals surface area contributed by atoms with Crippen LogP contribution in [0.1, 0.15) is 18.5 Å². The van der Waals surface area contributed by atoms with Crippen molar-refractivity contribution < 1.29 is 18.7 Å². The quantitative estimate of drug-likeness (QED) is 0.831. The fourth-order valence-electron chi connectivity index (χ4n) is 1.76. The van der Waals surface area contributed by atoms with Crippen LogP contribution >= 0.6 is 11.6 Å². The van der Waals surface area contributed by atoms with Crippen LogP contribution in [0, 0.1) is 11.6 Å². The molecule has 1 atom stereocenters. The lowest BCUT2D eigenvalue weighted by atomic mass is 10.1. The van der Waals surface area contributed by atoms with Crippen molar-refractivity contribution in [3.05, 3.63) is 40.6 Å². The molecule has 100 valence electrons. The van der Waals surface area contributed by atoms with E-state index in [1.165, 1.54) is 6.07 Å². The first-order valence-corrected chi connectivity index (χ1v) is 5.71. The smallest absolute Gasteiger partial charge is 0.405 e. The highest BCUT2D eigenvalue weighted by atomic mass is 35.5. The summed E-state index contributed by atoms with van der Waals surface area (Å²) in [4.78, 5) is 14.4. The van der Waals surface area contributed by atoms with Gasteiger partial charge in [-0.25, -0.2) is 18.6 Å². The fourth-order valence-corrected chi connectivity index (χ4v) is 2.07. The Kier molecular flexibility index (Phi) is 3.53. The summed E-state index contributed by atoms with van der Waals surface area (Å²) < 4.78 is 26.7. The maximum absolute atomic E-state index is 13.6. The fraction of sp³-hybridized carbons (Fsp3) is 0.167. The SMILES string of the molecule is CC(NC(=O)O)c1cc2c(F)cc(F)cc2nc1Cl. The Labute approximate surface area is 112 Å². The molecule has 2 rings (SSSR count). The third kappa shape index (κ3) is 2.73. The van der Waals surface area contributed by atoms with Crippen LogP contribution in [-0.2, 0) is 0 Å². The van der Waals surface area contributed by atoms with Crippen molar-refractivity contribution >= 4 is 28.6 Å². The maximum Gasteiger partial charge on any atom is 0.405 e. The number of aromatic nitrogens is 1. The van der Waals surface area contributed by atoms with Gasteiger partial charge >= 0.3 is 6.09 Å². The van der Waals surface area contributed by atoms with Crippen molar-refractivity contribution in [2.24, 2.45) is 0 Å². The molecule has 2 N–H and O–H groups in total. The van der Waals surface area contributed by atoms with Crippen LogP contribution < -0.4 is 5.32 Å². The molecule has 7 heteroatoms. The molecule has 1 aromatic heterocycles. The number of nitrogens with zero attached hydrogens (tertiary/aromatic N) is 1. The molecule has 0 fully saturated rings. The Bertz CT molecular complexity index is 664. The number of hydrogen-bond acceptors (Lipinski definition) is 2. The molecule has 0 spiro atoms. The number of pyridine rings is 1. The van der Waals surface area contributed by atoms with E-state index in [0.29, 0.717) is 5.56 Å². The van der Waals surface area contributed by atoms with Gasteiger partial charge in [0.25, 0.3) is 0 Å². The summed E-state index contributed by atoms with van der Waals surface area (Å²) in [5.74, 6) is -1.53. The zero-order chi connectivity index (χ0) is 14.2. The van der Waals surface area contributed by atoms with Gasteiger partial charge in [0, 0.05) is 23.1 Å². The molecule has 1 amide bonds. The lowest BCUT2D eigenvalue weighted by Gasteiger charge is -2.14. The highest BCUT2D eigenvalue weighted by Crippen LogP contribution is 2.27. The largest absolute Gasteiger partial charge is 0.465 e. The summed E-state index contributed by atoms with van der Waals surface area (Å²) >= 11 is 5.90. The number of fused-ring (bicyclic) bond motifs is 1. The molecule has 0 radical (unpaired) electrons. The second-order valence-electron chi connectivity index (χ2n) is 3.99. The number of carbonyl (C=O) groups is 1. The molecule has 19 heavy (non-hydrogen) atoms. The predicted molar refractivity (Wildman–Crippen MR) is 66.2 cm³/mol. The number of carboxylic acid groups (broad SMARTS) is 1. The summed E-state index contributed by atoms with van der Waals surface area (Å²) in [7, 11) is 0. The lowest BCUT2D eigenvalue weighted by molar-refractivity contribution is 0.191. The minimum Gasteiger partial charge on any atom is -0.465 e. The van der Waals surface area contributed by atoms with Gasteiger partial charge in [-0.05, 0) is 13.0 Å². The average molecular weight is 287 g/mol. The van der Waals surface area contributed by atoms with Crippen LogP contribution in [0.5, 0.6) is 0 Å². The van der Waals surface area contributed by atoms with Crippen LogP contribution in [0.2, 0.25) is 5.15 Å². The molecule has 0 aliphatic heterocycles. The van der Waals surface area contributed by atoms with E-state index < -0.39 is 23.8 Å². The maximum atomic E-state index is 13.6. The lowest BCUT2D eigenvalue weighted by Crippen LogP contribution is -2.24. The van der Waals surface area contributed by atoms with Crippen LogP contribution in [-0.4, -0.2) is 16.2 Å². The van der Waals surface area contributed by atoms with E-state index in [0.717, 1.165) is 12.1 Å². The van der Waals surface area contributed by atoms with Gasteiger partial charge in [0.15, 0.2) is 0 Å². The topological polar surface area (TPSA) is 62.2 Å². The van der Waals surface area contributed by atoms with E-state index >= 15 is 0 Å². The molecular formula is C12H9ClF2N2O2. The van der Waals surface area contributed by atoms with Crippen molar-refractivity contribution in [3.8, 4) is 0 Å². The average Bonchev–Trinajstić information content (AvgIpc) is 2.26. The van der Waals surface area contributed by atoms with Gasteiger partial charge in [-0.2, -0.15) is 0 Å². The molecule has 0 saturated carbocycles. The van der Waals surface area contributed by atoms with Crippen molar-refractivity contribution in [1.29, 1.82) is 0 Å². The minimum atomic E-state index is -1.23. The molecule has 0 saturated heterocycles. The first kappa shape index (κ1) is 13.5. The van der Waals surface area contributed by atoms with Crippen molar-refractivity contribution in [3.63, 3.8) is 0 Å². The third-order valence-electron chi connectivity index (χ3n) is 2.64. The molecule has 0 bridgehead atoms. The normalized spacial score (nSPS) is 12.4. The number of benzene rings is 1. The van der Waals surface area contributed by atoms with Crippen molar-refractivity contribution in [2.75, 3.05) is 0 Å². The Balaban J connectivity index is 2.58. The summed E-state index contributed by atoms with van der Waals surface area (Å²) in [6.07, 6.45) is -1.23. The predicted octanol–water partition coefficient (Wildman–Crippen LogP) is 3.50. The molecule has 1 unspecified atom stereocenters. The van der Waals surface area contributed by atoms with E-state index in [9.17, 15) is 13.6 Å². The second-order valence-corrected chi connectivity index (χ2v) is 4.35. The van der Waals surface area contributed by atoms with Gasteiger partial charge < -0.3 is 10.4 Å². The molecule has 0 aliphatic rings. The van der Waals surface area contributed by atoms with E-state index in [-0.39, 0.29) is 16.1 Å². The monoisotopic (exact) mass is 286 g/mol. The second kappa shape index (κ2) is 4.97. The summed E-state index contributed by atoms with van der Waals surface area (Å²) in [6, 6.07) is 2.49. The summed E-state index contributed by atoms with van der Waals surface area (Å²) in [6.45, 7) is 1.55. The molecular weight excluding hydrogens is 278 g/mol. The van der Waals surface area contributed by atoms with Crippen molar-refractivity contribution in [1.82, 2.24) is 10.3 Å². The molecule has 0 aliphatic carbocycles. The van der Waals surface area contributed by atoms with Crippen LogP contribution in [0.25, 0.3) is 10.9 Å². The van der Waals surface area contributed by atoms with E-state index in [2.05, 4.69) is 10.3 Å². The third-order valence-corrected chi connectivity index (χ3v) is 2.94.